The normalized spacial score (nSPS) is 11.6. The van der Waals surface area contributed by atoms with E-state index >= 15 is 0 Å². The van der Waals surface area contributed by atoms with Gasteiger partial charge < -0.3 is 10.1 Å². The number of fused-ring (bicyclic) bond motifs is 1. The quantitative estimate of drug-likeness (QED) is 0.220. The van der Waals surface area contributed by atoms with E-state index < -0.39 is 17.3 Å². The first-order valence-corrected chi connectivity index (χ1v) is 12.6. The summed E-state index contributed by atoms with van der Waals surface area (Å²) < 4.78 is 46.6. The third kappa shape index (κ3) is 6.44. The van der Waals surface area contributed by atoms with Gasteiger partial charge >= 0.3 is 6.18 Å². The SMILES string of the molecule is O=C(COc1ccc(C=Nn2c(-c3cccc(C(F)(F)F)c3)nc3ccccc3c2=O)cc1Cl)Nc1ccccc1. The minimum atomic E-state index is -4.58. The molecule has 0 fully saturated rings. The maximum atomic E-state index is 13.4. The molecule has 11 heteroatoms. The first-order valence-electron chi connectivity index (χ1n) is 12.2. The molecular weight excluding hydrogens is 557 g/mol. The molecule has 1 heterocycles. The number of halogens is 4. The molecule has 41 heavy (non-hydrogen) atoms. The van der Waals surface area contributed by atoms with Gasteiger partial charge in [0.15, 0.2) is 12.4 Å². The van der Waals surface area contributed by atoms with Crippen LogP contribution in [-0.2, 0) is 11.0 Å². The number of ether oxygens (including phenoxy) is 1. The third-order valence-electron chi connectivity index (χ3n) is 5.90. The summed E-state index contributed by atoms with van der Waals surface area (Å²) in [5.41, 5.74) is 0.0305. The Morgan fingerprint density at radius 1 is 0.976 bits per heavy atom. The Kier molecular flexibility index (Phi) is 7.84. The van der Waals surface area contributed by atoms with E-state index in [4.69, 9.17) is 16.3 Å². The first kappa shape index (κ1) is 27.6. The van der Waals surface area contributed by atoms with Crippen LogP contribution in [0.3, 0.4) is 0 Å². The van der Waals surface area contributed by atoms with Crippen LogP contribution in [0.15, 0.2) is 107 Å². The molecule has 0 aliphatic rings. The van der Waals surface area contributed by atoms with E-state index in [1.54, 1.807) is 54.6 Å². The number of carbonyl (C=O) groups excluding carboxylic acids is 1. The Morgan fingerprint density at radius 3 is 2.49 bits per heavy atom. The molecule has 4 aromatic carbocycles. The lowest BCUT2D eigenvalue weighted by atomic mass is 10.1. The van der Waals surface area contributed by atoms with Crippen molar-refractivity contribution in [3.63, 3.8) is 0 Å². The van der Waals surface area contributed by atoms with E-state index in [-0.39, 0.29) is 40.1 Å². The van der Waals surface area contributed by atoms with Gasteiger partial charge in [0, 0.05) is 11.3 Å². The van der Waals surface area contributed by atoms with E-state index in [2.05, 4.69) is 15.4 Å². The van der Waals surface area contributed by atoms with Crippen LogP contribution < -0.4 is 15.6 Å². The van der Waals surface area contributed by atoms with Crippen molar-refractivity contribution in [3.05, 3.63) is 124 Å². The lowest BCUT2D eigenvalue weighted by Crippen LogP contribution is -2.20. The fourth-order valence-corrected chi connectivity index (χ4v) is 4.20. The molecule has 0 aliphatic carbocycles. The molecule has 206 valence electrons. The Hall–Kier alpha value is -4.96. The van der Waals surface area contributed by atoms with Crippen molar-refractivity contribution in [2.75, 3.05) is 11.9 Å². The molecule has 0 bridgehead atoms. The summed E-state index contributed by atoms with van der Waals surface area (Å²) in [5.74, 6) is -0.184. The number of hydrogen-bond acceptors (Lipinski definition) is 5. The number of benzene rings is 4. The number of nitrogens with one attached hydrogen (secondary N) is 1. The van der Waals surface area contributed by atoms with Crippen LogP contribution >= 0.6 is 11.6 Å². The molecule has 5 rings (SSSR count). The van der Waals surface area contributed by atoms with Gasteiger partial charge in [-0.3, -0.25) is 9.59 Å². The molecule has 0 saturated heterocycles. The number of carbonyl (C=O) groups is 1. The van der Waals surface area contributed by atoms with E-state index in [0.29, 0.717) is 16.8 Å². The number of nitrogens with zero attached hydrogens (tertiary/aromatic N) is 3. The van der Waals surface area contributed by atoms with Crippen molar-refractivity contribution in [1.29, 1.82) is 0 Å². The highest BCUT2D eigenvalue weighted by Crippen LogP contribution is 2.32. The maximum absolute atomic E-state index is 13.4. The summed E-state index contributed by atoms with van der Waals surface area (Å²) in [4.78, 5) is 29.9. The van der Waals surface area contributed by atoms with E-state index in [1.807, 2.05) is 6.07 Å². The van der Waals surface area contributed by atoms with Crippen LogP contribution in [-0.4, -0.2) is 28.4 Å². The van der Waals surface area contributed by atoms with E-state index in [1.165, 1.54) is 30.5 Å². The lowest BCUT2D eigenvalue weighted by Gasteiger charge is -2.12. The van der Waals surface area contributed by atoms with Gasteiger partial charge in [0.25, 0.3) is 11.5 Å². The molecule has 0 unspecified atom stereocenters. The molecular formula is C30H20ClF3N4O3. The van der Waals surface area contributed by atoms with Crippen molar-refractivity contribution in [3.8, 4) is 17.1 Å². The fraction of sp³-hybridized carbons (Fsp3) is 0.0667. The minimum Gasteiger partial charge on any atom is -0.482 e. The molecule has 7 nitrogen and oxygen atoms in total. The summed E-state index contributed by atoms with van der Waals surface area (Å²) in [6.45, 7) is -0.277. The van der Waals surface area contributed by atoms with Gasteiger partial charge in [-0.15, -0.1) is 0 Å². The number of anilines is 1. The van der Waals surface area contributed by atoms with Gasteiger partial charge in [0.1, 0.15) is 5.75 Å². The van der Waals surface area contributed by atoms with Gasteiger partial charge in [-0.1, -0.05) is 54.1 Å². The monoisotopic (exact) mass is 576 g/mol. The molecule has 5 aromatic rings. The number of amides is 1. The van der Waals surface area contributed by atoms with Crippen LogP contribution in [0.1, 0.15) is 11.1 Å². The molecule has 0 atom stereocenters. The molecule has 0 radical (unpaired) electrons. The maximum Gasteiger partial charge on any atom is 0.416 e. The summed E-state index contributed by atoms with van der Waals surface area (Å²) in [6.07, 6.45) is -3.25. The molecule has 0 saturated carbocycles. The molecule has 1 aromatic heterocycles. The zero-order chi connectivity index (χ0) is 29.0. The van der Waals surface area contributed by atoms with Crippen molar-refractivity contribution in [1.82, 2.24) is 9.66 Å². The predicted molar refractivity (Wildman–Crippen MR) is 151 cm³/mol. The number of para-hydroxylation sites is 2. The second kappa shape index (κ2) is 11.6. The minimum absolute atomic E-state index is 0.0634. The summed E-state index contributed by atoms with van der Waals surface area (Å²) >= 11 is 6.35. The van der Waals surface area contributed by atoms with E-state index in [9.17, 15) is 22.8 Å². The molecule has 0 spiro atoms. The largest absolute Gasteiger partial charge is 0.482 e. The fourth-order valence-electron chi connectivity index (χ4n) is 3.95. The van der Waals surface area contributed by atoms with Crippen LogP contribution in [0, 0.1) is 0 Å². The van der Waals surface area contributed by atoms with Crippen LogP contribution in [0.5, 0.6) is 5.75 Å². The first-order chi connectivity index (χ1) is 19.7. The Labute approximate surface area is 236 Å². The van der Waals surface area contributed by atoms with Gasteiger partial charge in [-0.2, -0.15) is 22.9 Å². The average molecular weight is 577 g/mol. The number of aromatic nitrogens is 2. The highest BCUT2D eigenvalue weighted by molar-refractivity contribution is 6.32. The highest BCUT2D eigenvalue weighted by atomic mass is 35.5. The topological polar surface area (TPSA) is 85.6 Å². The van der Waals surface area contributed by atoms with Crippen molar-refractivity contribution in [2.45, 2.75) is 6.18 Å². The number of alkyl halides is 3. The van der Waals surface area contributed by atoms with Crippen LogP contribution in [0.25, 0.3) is 22.3 Å². The summed E-state index contributed by atoms with van der Waals surface area (Å²) in [6, 6.07) is 24.6. The van der Waals surface area contributed by atoms with Crippen molar-refractivity contribution in [2.24, 2.45) is 5.10 Å². The second-order valence-electron chi connectivity index (χ2n) is 8.79. The van der Waals surface area contributed by atoms with Crippen LogP contribution in [0.4, 0.5) is 18.9 Å². The zero-order valence-electron chi connectivity index (χ0n) is 21.1. The zero-order valence-corrected chi connectivity index (χ0v) is 21.9. The van der Waals surface area contributed by atoms with Gasteiger partial charge in [0.05, 0.1) is 27.7 Å². The van der Waals surface area contributed by atoms with Crippen molar-refractivity contribution >= 4 is 40.3 Å². The number of rotatable bonds is 7. The van der Waals surface area contributed by atoms with Crippen molar-refractivity contribution < 1.29 is 22.7 Å². The molecule has 0 aliphatic heterocycles. The van der Waals surface area contributed by atoms with Gasteiger partial charge in [0.2, 0.25) is 0 Å². The predicted octanol–water partition coefficient (Wildman–Crippen LogP) is 6.64. The Bertz CT molecular complexity index is 1820. The summed E-state index contributed by atoms with van der Waals surface area (Å²) in [7, 11) is 0. The van der Waals surface area contributed by atoms with E-state index in [0.717, 1.165) is 16.8 Å². The van der Waals surface area contributed by atoms with Gasteiger partial charge in [-0.05, 0) is 60.2 Å². The summed E-state index contributed by atoms with van der Waals surface area (Å²) in [5, 5.41) is 7.39. The standard InChI is InChI=1S/C30H20ClF3N4O3/c31-24-15-19(13-14-26(24)41-18-27(39)36-22-9-2-1-3-10-22)17-35-38-28(20-7-6-8-21(16-20)30(32,33)34)37-25-12-5-4-11-23(25)29(38)40/h1-17H,18H2,(H,36,39). The van der Waals surface area contributed by atoms with Crippen LogP contribution in [0.2, 0.25) is 5.02 Å². The number of hydrogen-bond donors (Lipinski definition) is 1. The second-order valence-corrected chi connectivity index (χ2v) is 9.19. The van der Waals surface area contributed by atoms with Gasteiger partial charge in [-0.25, -0.2) is 4.98 Å². The molecule has 1 amide bonds. The smallest absolute Gasteiger partial charge is 0.416 e. The average Bonchev–Trinajstić information content (AvgIpc) is 2.96. The highest BCUT2D eigenvalue weighted by Gasteiger charge is 2.31. The Balaban J connectivity index is 1.42. The lowest BCUT2D eigenvalue weighted by molar-refractivity contribution is -0.137. The Morgan fingerprint density at radius 2 is 1.73 bits per heavy atom. The molecule has 1 N–H and O–H groups in total. The third-order valence-corrected chi connectivity index (χ3v) is 6.19.